The molecular formula is C17H22N2O. The van der Waals surface area contributed by atoms with Crippen LogP contribution in [0.1, 0.15) is 47.2 Å². The predicted octanol–water partition coefficient (Wildman–Crippen LogP) is 2.32. The van der Waals surface area contributed by atoms with Crippen molar-refractivity contribution in [2.75, 3.05) is 19.6 Å². The maximum absolute atomic E-state index is 12.7. The van der Waals surface area contributed by atoms with Gasteiger partial charge in [0.2, 0.25) is 0 Å². The Bertz CT molecular complexity index is 532. The third-order valence-corrected chi connectivity index (χ3v) is 3.78. The minimum Gasteiger partial charge on any atom is -0.339 e. The van der Waals surface area contributed by atoms with Gasteiger partial charge in [0.05, 0.1) is 6.54 Å². The zero-order chi connectivity index (χ0) is 14.4. The average Bonchev–Trinajstić information content (AvgIpc) is 2.74. The summed E-state index contributed by atoms with van der Waals surface area (Å²) in [6.45, 7) is 4.04. The third kappa shape index (κ3) is 3.40. The standard InChI is InChI=1S/C17H22N2O/c1-14-15(9-7-11-18)8-6-10-16(14)17(20)19-12-4-2-3-5-13-19/h6,8,10H,2-5,11-13,18H2,1H3. The van der Waals surface area contributed by atoms with Gasteiger partial charge in [-0.2, -0.15) is 0 Å². The van der Waals surface area contributed by atoms with Gasteiger partial charge >= 0.3 is 0 Å². The summed E-state index contributed by atoms with van der Waals surface area (Å²) in [6.07, 6.45) is 4.67. The minimum atomic E-state index is 0.140. The van der Waals surface area contributed by atoms with E-state index in [-0.39, 0.29) is 5.91 Å². The molecule has 2 rings (SSSR count). The lowest BCUT2D eigenvalue weighted by Gasteiger charge is -2.21. The maximum atomic E-state index is 12.7. The van der Waals surface area contributed by atoms with Crippen LogP contribution in [0.2, 0.25) is 0 Å². The zero-order valence-corrected chi connectivity index (χ0v) is 12.1. The SMILES string of the molecule is Cc1c(C#CCN)cccc1C(=O)N1CCCCCC1. The van der Waals surface area contributed by atoms with E-state index in [1.807, 2.05) is 30.0 Å². The Morgan fingerprint density at radius 2 is 1.95 bits per heavy atom. The lowest BCUT2D eigenvalue weighted by Crippen LogP contribution is -2.32. The van der Waals surface area contributed by atoms with Crippen molar-refractivity contribution in [1.82, 2.24) is 4.90 Å². The smallest absolute Gasteiger partial charge is 0.254 e. The molecule has 0 unspecified atom stereocenters. The molecule has 1 heterocycles. The van der Waals surface area contributed by atoms with Crippen molar-refractivity contribution in [2.45, 2.75) is 32.6 Å². The molecule has 106 valence electrons. The largest absolute Gasteiger partial charge is 0.339 e. The van der Waals surface area contributed by atoms with Crippen molar-refractivity contribution in [2.24, 2.45) is 5.73 Å². The monoisotopic (exact) mass is 270 g/mol. The lowest BCUT2D eigenvalue weighted by atomic mass is 10.0. The van der Waals surface area contributed by atoms with Gasteiger partial charge in [-0.1, -0.05) is 30.7 Å². The molecule has 3 heteroatoms. The van der Waals surface area contributed by atoms with Crippen LogP contribution in [0.25, 0.3) is 0 Å². The molecule has 1 amide bonds. The minimum absolute atomic E-state index is 0.140. The second-order valence-corrected chi connectivity index (χ2v) is 5.19. The van der Waals surface area contributed by atoms with Gasteiger partial charge in [0.15, 0.2) is 0 Å². The first kappa shape index (κ1) is 14.6. The van der Waals surface area contributed by atoms with Gasteiger partial charge in [-0.25, -0.2) is 0 Å². The van der Waals surface area contributed by atoms with Gasteiger partial charge in [0.1, 0.15) is 0 Å². The molecule has 0 atom stereocenters. The molecule has 3 nitrogen and oxygen atoms in total. The van der Waals surface area contributed by atoms with Gasteiger partial charge in [-0.15, -0.1) is 0 Å². The molecule has 0 aromatic heterocycles. The second-order valence-electron chi connectivity index (χ2n) is 5.19. The van der Waals surface area contributed by atoms with Crippen molar-refractivity contribution < 1.29 is 4.79 Å². The number of carbonyl (C=O) groups excluding carboxylic acids is 1. The summed E-state index contributed by atoms with van der Waals surface area (Å²) in [4.78, 5) is 14.6. The number of likely N-dealkylation sites (tertiary alicyclic amines) is 1. The van der Waals surface area contributed by atoms with E-state index in [0.717, 1.165) is 42.6 Å². The van der Waals surface area contributed by atoms with Gasteiger partial charge in [-0.3, -0.25) is 4.79 Å². The van der Waals surface area contributed by atoms with Gasteiger partial charge in [-0.05, 0) is 37.5 Å². The van der Waals surface area contributed by atoms with E-state index in [0.29, 0.717) is 6.54 Å². The number of hydrogen-bond acceptors (Lipinski definition) is 2. The van der Waals surface area contributed by atoms with Gasteiger partial charge in [0, 0.05) is 24.2 Å². The topological polar surface area (TPSA) is 46.3 Å². The second kappa shape index (κ2) is 7.12. The molecule has 1 saturated heterocycles. The molecule has 1 aromatic rings. The molecule has 1 aliphatic rings. The Morgan fingerprint density at radius 3 is 2.60 bits per heavy atom. The summed E-state index contributed by atoms with van der Waals surface area (Å²) >= 11 is 0. The van der Waals surface area contributed by atoms with E-state index in [1.54, 1.807) is 0 Å². The zero-order valence-electron chi connectivity index (χ0n) is 12.1. The first-order chi connectivity index (χ1) is 9.74. The first-order valence-electron chi connectivity index (χ1n) is 7.32. The highest BCUT2D eigenvalue weighted by molar-refractivity contribution is 5.96. The first-order valence-corrected chi connectivity index (χ1v) is 7.32. The number of carbonyl (C=O) groups is 1. The summed E-state index contributed by atoms with van der Waals surface area (Å²) in [7, 11) is 0. The highest BCUT2D eigenvalue weighted by Gasteiger charge is 2.19. The van der Waals surface area contributed by atoms with E-state index in [4.69, 9.17) is 5.73 Å². The van der Waals surface area contributed by atoms with Crippen LogP contribution in [-0.4, -0.2) is 30.4 Å². The number of amides is 1. The molecule has 1 aromatic carbocycles. The molecule has 0 spiro atoms. The van der Waals surface area contributed by atoms with Crippen LogP contribution in [0.15, 0.2) is 18.2 Å². The molecule has 1 aliphatic heterocycles. The fraction of sp³-hybridized carbons (Fsp3) is 0.471. The van der Waals surface area contributed by atoms with Crippen LogP contribution >= 0.6 is 0 Å². The highest BCUT2D eigenvalue weighted by atomic mass is 16.2. The molecular weight excluding hydrogens is 248 g/mol. The lowest BCUT2D eigenvalue weighted by molar-refractivity contribution is 0.0761. The fourth-order valence-corrected chi connectivity index (χ4v) is 2.59. The summed E-state index contributed by atoms with van der Waals surface area (Å²) in [5, 5.41) is 0. The fourth-order valence-electron chi connectivity index (χ4n) is 2.59. The van der Waals surface area contributed by atoms with Crippen molar-refractivity contribution in [3.05, 3.63) is 34.9 Å². The molecule has 0 bridgehead atoms. The molecule has 0 aliphatic carbocycles. The number of rotatable bonds is 1. The van der Waals surface area contributed by atoms with E-state index in [1.165, 1.54) is 12.8 Å². The maximum Gasteiger partial charge on any atom is 0.254 e. The molecule has 20 heavy (non-hydrogen) atoms. The van der Waals surface area contributed by atoms with Crippen LogP contribution in [0.5, 0.6) is 0 Å². The summed E-state index contributed by atoms with van der Waals surface area (Å²) in [5.74, 6) is 6.03. The Labute approximate surface area is 121 Å². The Hall–Kier alpha value is -1.79. The number of nitrogens with zero attached hydrogens (tertiary/aromatic N) is 1. The van der Waals surface area contributed by atoms with Crippen LogP contribution in [0, 0.1) is 18.8 Å². The predicted molar refractivity (Wildman–Crippen MR) is 81.5 cm³/mol. The highest BCUT2D eigenvalue weighted by Crippen LogP contribution is 2.18. The summed E-state index contributed by atoms with van der Waals surface area (Å²) < 4.78 is 0. The van der Waals surface area contributed by atoms with Crippen LogP contribution in [-0.2, 0) is 0 Å². The Morgan fingerprint density at radius 1 is 1.25 bits per heavy atom. The third-order valence-electron chi connectivity index (χ3n) is 3.78. The number of benzene rings is 1. The van der Waals surface area contributed by atoms with Crippen molar-refractivity contribution in [3.63, 3.8) is 0 Å². The van der Waals surface area contributed by atoms with E-state index in [2.05, 4.69) is 11.8 Å². The normalized spacial score (nSPS) is 15.2. The quantitative estimate of drug-likeness (QED) is 0.796. The number of nitrogens with two attached hydrogens (primary N) is 1. The van der Waals surface area contributed by atoms with E-state index in [9.17, 15) is 4.79 Å². The molecule has 0 radical (unpaired) electrons. The summed E-state index contributed by atoms with van der Waals surface area (Å²) in [5.41, 5.74) is 8.04. The Kier molecular flexibility index (Phi) is 5.20. The van der Waals surface area contributed by atoms with Crippen LogP contribution in [0.3, 0.4) is 0 Å². The van der Waals surface area contributed by atoms with Crippen molar-refractivity contribution in [3.8, 4) is 11.8 Å². The summed E-state index contributed by atoms with van der Waals surface area (Å²) in [6, 6.07) is 5.74. The van der Waals surface area contributed by atoms with E-state index >= 15 is 0 Å². The average molecular weight is 270 g/mol. The van der Waals surface area contributed by atoms with Crippen molar-refractivity contribution in [1.29, 1.82) is 0 Å². The van der Waals surface area contributed by atoms with E-state index < -0.39 is 0 Å². The van der Waals surface area contributed by atoms with Crippen molar-refractivity contribution >= 4 is 5.91 Å². The van der Waals surface area contributed by atoms with Gasteiger partial charge in [0.25, 0.3) is 5.91 Å². The van der Waals surface area contributed by atoms with Crippen LogP contribution < -0.4 is 5.73 Å². The Balaban J connectivity index is 2.25. The van der Waals surface area contributed by atoms with Gasteiger partial charge < -0.3 is 10.6 Å². The van der Waals surface area contributed by atoms with Crippen LogP contribution in [0.4, 0.5) is 0 Å². The molecule has 2 N–H and O–H groups in total. The molecule has 1 fully saturated rings. The molecule has 0 saturated carbocycles. The number of hydrogen-bond donors (Lipinski definition) is 1.